The monoisotopic (exact) mass is 400 g/mol. The van der Waals surface area contributed by atoms with Crippen LogP contribution in [0, 0.1) is 0 Å². The number of amides is 1. The van der Waals surface area contributed by atoms with E-state index in [9.17, 15) is 9.90 Å². The Morgan fingerprint density at radius 3 is 2.53 bits per heavy atom. The van der Waals surface area contributed by atoms with Crippen molar-refractivity contribution in [2.24, 2.45) is 0 Å². The molecular formula is C26H28N2O2. The third-order valence-electron chi connectivity index (χ3n) is 5.87. The van der Waals surface area contributed by atoms with Gasteiger partial charge in [0.1, 0.15) is 0 Å². The van der Waals surface area contributed by atoms with Crippen molar-refractivity contribution >= 4 is 5.91 Å². The van der Waals surface area contributed by atoms with Gasteiger partial charge in [0.15, 0.2) is 0 Å². The van der Waals surface area contributed by atoms with Crippen LogP contribution in [0.4, 0.5) is 0 Å². The van der Waals surface area contributed by atoms with Crippen LogP contribution in [-0.2, 0) is 17.8 Å². The number of nitrogens with zero attached hydrogens (tertiary/aromatic N) is 2. The fourth-order valence-electron chi connectivity index (χ4n) is 4.12. The normalized spacial score (nSPS) is 16.4. The van der Waals surface area contributed by atoms with Crippen molar-refractivity contribution in [3.8, 4) is 11.3 Å². The van der Waals surface area contributed by atoms with Crippen molar-refractivity contribution in [1.29, 1.82) is 0 Å². The van der Waals surface area contributed by atoms with Gasteiger partial charge in [0.05, 0.1) is 12.3 Å². The SMILES string of the molecule is O=C(CCc1ccccc1)N1CCCC(c2cccc(-c3ccc(CO)cc3)n2)C1. The smallest absolute Gasteiger partial charge is 0.222 e. The van der Waals surface area contributed by atoms with Crippen LogP contribution >= 0.6 is 0 Å². The highest BCUT2D eigenvalue weighted by atomic mass is 16.3. The van der Waals surface area contributed by atoms with E-state index in [1.54, 1.807) is 0 Å². The van der Waals surface area contributed by atoms with E-state index >= 15 is 0 Å². The van der Waals surface area contributed by atoms with Crippen molar-refractivity contribution in [3.05, 3.63) is 89.6 Å². The highest BCUT2D eigenvalue weighted by Gasteiger charge is 2.25. The number of aliphatic hydroxyl groups excluding tert-OH is 1. The highest BCUT2D eigenvalue weighted by Crippen LogP contribution is 2.28. The molecule has 0 spiro atoms. The largest absolute Gasteiger partial charge is 0.392 e. The molecule has 3 aromatic rings. The standard InChI is InChI=1S/C26H28N2O2/c29-19-21-11-14-22(15-12-21)24-9-4-10-25(27-24)23-8-5-17-28(18-23)26(30)16-13-20-6-2-1-3-7-20/h1-4,6-7,9-12,14-15,23,29H,5,8,13,16-19H2. The Morgan fingerprint density at radius 1 is 0.967 bits per heavy atom. The van der Waals surface area contributed by atoms with E-state index in [4.69, 9.17) is 4.98 Å². The van der Waals surface area contributed by atoms with Gasteiger partial charge in [0.2, 0.25) is 5.91 Å². The summed E-state index contributed by atoms with van der Waals surface area (Å²) in [6.45, 7) is 1.63. The predicted octanol–water partition coefficient (Wildman–Crippen LogP) is 4.58. The van der Waals surface area contributed by atoms with E-state index in [1.807, 2.05) is 59.5 Å². The van der Waals surface area contributed by atoms with Gasteiger partial charge in [-0.15, -0.1) is 0 Å². The van der Waals surface area contributed by atoms with Crippen LogP contribution in [0.15, 0.2) is 72.8 Å². The summed E-state index contributed by atoms with van der Waals surface area (Å²) in [6.07, 6.45) is 3.42. The van der Waals surface area contributed by atoms with Gasteiger partial charge in [-0.3, -0.25) is 9.78 Å². The summed E-state index contributed by atoms with van der Waals surface area (Å²) in [6, 6.07) is 24.2. The molecule has 2 heterocycles. The average Bonchev–Trinajstić information content (AvgIpc) is 2.83. The van der Waals surface area contributed by atoms with Crippen molar-refractivity contribution < 1.29 is 9.90 Å². The van der Waals surface area contributed by atoms with Gasteiger partial charge in [-0.2, -0.15) is 0 Å². The van der Waals surface area contributed by atoms with Gasteiger partial charge in [-0.05, 0) is 42.5 Å². The summed E-state index contributed by atoms with van der Waals surface area (Å²) in [5.41, 5.74) is 5.14. The number of benzene rings is 2. The summed E-state index contributed by atoms with van der Waals surface area (Å²) >= 11 is 0. The summed E-state index contributed by atoms with van der Waals surface area (Å²) in [4.78, 5) is 19.7. The molecule has 2 aromatic carbocycles. The molecule has 1 unspecified atom stereocenters. The van der Waals surface area contributed by atoms with Crippen molar-refractivity contribution in [2.45, 2.75) is 38.2 Å². The molecule has 1 amide bonds. The number of hydrogen-bond donors (Lipinski definition) is 1. The van der Waals surface area contributed by atoms with E-state index in [0.29, 0.717) is 6.42 Å². The Kier molecular flexibility index (Phi) is 6.55. The fourth-order valence-corrected chi connectivity index (χ4v) is 4.12. The number of hydrogen-bond acceptors (Lipinski definition) is 3. The van der Waals surface area contributed by atoms with Gasteiger partial charge in [0, 0.05) is 36.7 Å². The number of aliphatic hydroxyl groups is 1. The molecule has 1 saturated heterocycles. The van der Waals surface area contributed by atoms with E-state index in [0.717, 1.165) is 54.9 Å². The molecule has 1 atom stereocenters. The first kappa shape index (κ1) is 20.3. The minimum atomic E-state index is 0.0456. The number of rotatable bonds is 6. The Morgan fingerprint density at radius 2 is 1.77 bits per heavy atom. The maximum absolute atomic E-state index is 12.8. The Labute approximate surface area is 178 Å². The summed E-state index contributed by atoms with van der Waals surface area (Å²) in [5.74, 6) is 0.510. The van der Waals surface area contributed by atoms with Crippen LogP contribution in [0.1, 0.15) is 42.0 Å². The molecule has 154 valence electrons. The molecule has 1 fully saturated rings. The zero-order valence-corrected chi connectivity index (χ0v) is 17.2. The van der Waals surface area contributed by atoms with Crippen LogP contribution in [0.5, 0.6) is 0 Å². The second-order valence-corrected chi connectivity index (χ2v) is 7.97. The molecule has 30 heavy (non-hydrogen) atoms. The highest BCUT2D eigenvalue weighted by molar-refractivity contribution is 5.76. The van der Waals surface area contributed by atoms with E-state index < -0.39 is 0 Å². The lowest BCUT2D eigenvalue weighted by molar-refractivity contribution is -0.132. The number of aryl methyl sites for hydroxylation is 1. The summed E-state index contributed by atoms with van der Waals surface area (Å²) < 4.78 is 0. The molecule has 1 N–H and O–H groups in total. The summed E-state index contributed by atoms with van der Waals surface area (Å²) in [5, 5.41) is 9.24. The Bertz CT molecular complexity index is 970. The molecule has 0 radical (unpaired) electrons. The Hall–Kier alpha value is -2.98. The molecule has 1 aliphatic rings. The lowest BCUT2D eigenvalue weighted by Gasteiger charge is -2.32. The second kappa shape index (κ2) is 9.68. The lowest BCUT2D eigenvalue weighted by atomic mass is 9.93. The van der Waals surface area contributed by atoms with Crippen molar-refractivity contribution in [1.82, 2.24) is 9.88 Å². The zero-order chi connectivity index (χ0) is 20.8. The van der Waals surface area contributed by atoms with Gasteiger partial charge in [0.25, 0.3) is 0 Å². The zero-order valence-electron chi connectivity index (χ0n) is 17.2. The second-order valence-electron chi connectivity index (χ2n) is 7.97. The maximum atomic E-state index is 12.8. The molecule has 4 rings (SSSR count). The first-order valence-electron chi connectivity index (χ1n) is 10.7. The topological polar surface area (TPSA) is 53.4 Å². The number of piperidine rings is 1. The first-order valence-corrected chi connectivity index (χ1v) is 10.7. The third kappa shape index (κ3) is 4.95. The van der Waals surface area contributed by atoms with Gasteiger partial charge >= 0.3 is 0 Å². The van der Waals surface area contributed by atoms with Crippen LogP contribution in [0.25, 0.3) is 11.3 Å². The Balaban J connectivity index is 1.42. The maximum Gasteiger partial charge on any atom is 0.222 e. The molecule has 0 bridgehead atoms. The molecule has 4 nitrogen and oxygen atoms in total. The minimum Gasteiger partial charge on any atom is -0.392 e. The number of aromatic nitrogens is 1. The van der Waals surface area contributed by atoms with Crippen LogP contribution in [0.3, 0.4) is 0 Å². The lowest BCUT2D eigenvalue weighted by Crippen LogP contribution is -2.39. The molecular weight excluding hydrogens is 372 g/mol. The molecule has 0 aliphatic carbocycles. The minimum absolute atomic E-state index is 0.0456. The quantitative estimate of drug-likeness (QED) is 0.659. The van der Waals surface area contributed by atoms with E-state index in [-0.39, 0.29) is 18.4 Å². The number of likely N-dealkylation sites (tertiary alicyclic amines) is 1. The molecule has 1 aliphatic heterocycles. The first-order chi connectivity index (χ1) is 14.7. The molecule has 4 heteroatoms. The predicted molar refractivity (Wildman–Crippen MR) is 119 cm³/mol. The van der Waals surface area contributed by atoms with Crippen molar-refractivity contribution in [3.63, 3.8) is 0 Å². The summed E-state index contributed by atoms with van der Waals surface area (Å²) in [7, 11) is 0. The van der Waals surface area contributed by atoms with E-state index in [1.165, 1.54) is 5.56 Å². The molecule has 0 saturated carbocycles. The van der Waals surface area contributed by atoms with Gasteiger partial charge < -0.3 is 10.0 Å². The van der Waals surface area contributed by atoms with Crippen LogP contribution in [0.2, 0.25) is 0 Å². The molecule has 1 aromatic heterocycles. The van der Waals surface area contributed by atoms with Crippen LogP contribution in [-0.4, -0.2) is 34.0 Å². The van der Waals surface area contributed by atoms with E-state index in [2.05, 4.69) is 18.2 Å². The number of pyridine rings is 1. The number of carbonyl (C=O) groups is 1. The van der Waals surface area contributed by atoms with Crippen LogP contribution < -0.4 is 0 Å². The van der Waals surface area contributed by atoms with Gasteiger partial charge in [-0.25, -0.2) is 0 Å². The van der Waals surface area contributed by atoms with Gasteiger partial charge in [-0.1, -0.05) is 60.7 Å². The van der Waals surface area contributed by atoms with Crippen molar-refractivity contribution in [2.75, 3.05) is 13.1 Å². The number of carbonyl (C=O) groups excluding carboxylic acids is 1. The third-order valence-corrected chi connectivity index (χ3v) is 5.87. The fraction of sp³-hybridized carbons (Fsp3) is 0.308. The average molecular weight is 401 g/mol.